The Morgan fingerprint density at radius 2 is 1.65 bits per heavy atom. The Labute approximate surface area is 94.2 Å². The molecule has 1 rings (SSSR count). The van der Waals surface area contributed by atoms with Gasteiger partial charge in [-0.1, -0.05) is 18.2 Å². The van der Waals surface area contributed by atoms with Crippen LogP contribution in [0.3, 0.4) is 0 Å². The van der Waals surface area contributed by atoms with E-state index in [9.17, 15) is 22.0 Å². The van der Waals surface area contributed by atoms with Gasteiger partial charge in [-0.25, -0.2) is 0 Å². The number of alkyl halides is 5. The number of hydrogen-bond donors (Lipinski definition) is 0. The van der Waals surface area contributed by atoms with Crippen molar-refractivity contribution in [1.82, 2.24) is 5.73 Å². The van der Waals surface area contributed by atoms with Crippen molar-refractivity contribution in [3.63, 3.8) is 0 Å². The Kier molecular flexibility index (Phi) is 3.92. The average molecular weight is 254 g/mol. The topological polar surface area (TPSA) is 33.0 Å². The molecule has 0 saturated heterocycles. The van der Waals surface area contributed by atoms with E-state index >= 15 is 0 Å². The van der Waals surface area contributed by atoms with Crippen LogP contribution in [-0.2, 0) is 6.42 Å². The average Bonchev–Trinajstić information content (AvgIpc) is 2.19. The highest BCUT2D eigenvalue weighted by molar-refractivity contribution is 5.33. The minimum absolute atomic E-state index is 0.0457. The summed E-state index contributed by atoms with van der Waals surface area (Å²) in [5.74, 6) is -0.554. The summed E-state index contributed by atoms with van der Waals surface area (Å²) in [5, 5.41) is 0. The zero-order valence-corrected chi connectivity index (χ0v) is 8.52. The molecule has 0 spiro atoms. The molecule has 95 valence electrons. The molecule has 0 unspecified atom stereocenters. The summed E-state index contributed by atoms with van der Waals surface area (Å²) in [6.45, 7) is -0.127. The first-order valence-electron chi connectivity index (χ1n) is 4.64. The molecule has 0 amide bonds. The van der Waals surface area contributed by atoms with Crippen molar-refractivity contribution in [2.75, 3.05) is 6.54 Å². The molecule has 7 heteroatoms. The summed E-state index contributed by atoms with van der Waals surface area (Å²) in [6, 6.07) is 5.12. The van der Waals surface area contributed by atoms with Crippen molar-refractivity contribution in [3.05, 3.63) is 29.8 Å². The second-order valence-corrected chi connectivity index (χ2v) is 3.22. The van der Waals surface area contributed by atoms with Crippen LogP contribution >= 0.6 is 0 Å². The van der Waals surface area contributed by atoms with Crippen molar-refractivity contribution in [2.24, 2.45) is 0 Å². The minimum Gasteiger partial charge on any atom is -0.425 e. The summed E-state index contributed by atoms with van der Waals surface area (Å²) in [6.07, 6.45) is -10.9. The predicted octanol–water partition coefficient (Wildman–Crippen LogP) is 3.05. The first-order valence-corrected chi connectivity index (χ1v) is 4.64. The van der Waals surface area contributed by atoms with Crippen molar-refractivity contribution >= 4 is 0 Å². The SMILES string of the molecule is [NH]CCc1ccccc1OC(F)(F)C(F)(F)F. The zero-order chi connectivity index (χ0) is 13.1. The van der Waals surface area contributed by atoms with Crippen LogP contribution in [0.5, 0.6) is 5.75 Å². The smallest absolute Gasteiger partial charge is 0.425 e. The zero-order valence-electron chi connectivity index (χ0n) is 8.52. The third-order valence-electron chi connectivity index (χ3n) is 1.94. The molecule has 0 aliphatic carbocycles. The molecule has 0 heterocycles. The molecule has 1 radical (unpaired) electrons. The molecule has 0 aliphatic heterocycles. The molecule has 0 bridgehead atoms. The van der Waals surface area contributed by atoms with Crippen LogP contribution < -0.4 is 10.5 Å². The van der Waals surface area contributed by atoms with E-state index in [-0.39, 0.29) is 18.5 Å². The van der Waals surface area contributed by atoms with Crippen molar-refractivity contribution in [1.29, 1.82) is 0 Å². The first kappa shape index (κ1) is 13.7. The molecular weight excluding hydrogens is 245 g/mol. The van der Waals surface area contributed by atoms with Crippen LogP contribution in [0.2, 0.25) is 0 Å². The fourth-order valence-corrected chi connectivity index (χ4v) is 1.14. The first-order chi connectivity index (χ1) is 7.78. The van der Waals surface area contributed by atoms with Crippen molar-refractivity contribution in [3.8, 4) is 5.75 Å². The standard InChI is InChI=1S/C10H9F5NO/c11-9(12,13)10(14,15)17-8-4-2-1-3-7(8)5-6-16/h1-4,16H,5-6H2. The molecule has 0 fully saturated rings. The summed E-state index contributed by atoms with van der Waals surface area (Å²) in [4.78, 5) is 0. The summed E-state index contributed by atoms with van der Waals surface area (Å²) in [5.41, 5.74) is 7.07. The van der Waals surface area contributed by atoms with Gasteiger partial charge in [-0.15, -0.1) is 0 Å². The largest absolute Gasteiger partial charge is 0.499 e. The molecule has 1 aromatic carbocycles. The Hall–Kier alpha value is -1.37. The number of benzene rings is 1. The van der Waals surface area contributed by atoms with Crippen LogP contribution in [0, 0.1) is 0 Å². The summed E-state index contributed by atoms with van der Waals surface area (Å²) >= 11 is 0. The molecule has 0 aliphatic rings. The maximum atomic E-state index is 12.6. The molecule has 0 saturated carbocycles. The normalized spacial score (nSPS) is 12.6. The Morgan fingerprint density at radius 3 is 2.18 bits per heavy atom. The molecule has 1 N–H and O–H groups in total. The Bertz CT molecular complexity index is 377. The lowest BCUT2D eigenvalue weighted by atomic mass is 10.1. The third-order valence-corrected chi connectivity index (χ3v) is 1.94. The van der Waals surface area contributed by atoms with Gasteiger partial charge in [0, 0.05) is 6.54 Å². The van der Waals surface area contributed by atoms with Crippen LogP contribution in [0.4, 0.5) is 22.0 Å². The van der Waals surface area contributed by atoms with Crippen LogP contribution in [0.25, 0.3) is 0 Å². The molecule has 17 heavy (non-hydrogen) atoms. The van der Waals surface area contributed by atoms with Gasteiger partial charge in [0.25, 0.3) is 0 Å². The van der Waals surface area contributed by atoms with Gasteiger partial charge < -0.3 is 4.74 Å². The van der Waals surface area contributed by atoms with Gasteiger partial charge in [0.1, 0.15) is 5.75 Å². The fraction of sp³-hybridized carbons (Fsp3) is 0.400. The van der Waals surface area contributed by atoms with E-state index in [1.54, 1.807) is 0 Å². The third kappa shape index (κ3) is 3.29. The summed E-state index contributed by atoms with van der Waals surface area (Å²) in [7, 11) is 0. The van der Waals surface area contributed by atoms with E-state index in [0.29, 0.717) is 0 Å². The maximum absolute atomic E-state index is 12.6. The van der Waals surface area contributed by atoms with Gasteiger partial charge in [-0.3, -0.25) is 5.73 Å². The number of halogens is 5. The van der Waals surface area contributed by atoms with E-state index in [4.69, 9.17) is 5.73 Å². The fourth-order valence-electron chi connectivity index (χ4n) is 1.14. The number of rotatable bonds is 4. The number of para-hydroxylation sites is 1. The van der Waals surface area contributed by atoms with Crippen LogP contribution in [0.15, 0.2) is 24.3 Å². The maximum Gasteiger partial charge on any atom is 0.499 e. The van der Waals surface area contributed by atoms with E-state index < -0.39 is 18.0 Å². The number of ether oxygens (including phenoxy) is 1. The van der Waals surface area contributed by atoms with Gasteiger partial charge in [-0.05, 0) is 18.1 Å². The van der Waals surface area contributed by atoms with E-state index in [1.807, 2.05) is 0 Å². The molecule has 1 aromatic rings. The highest BCUT2D eigenvalue weighted by atomic mass is 19.4. The monoisotopic (exact) mass is 254 g/mol. The second kappa shape index (κ2) is 4.87. The Balaban J connectivity index is 2.95. The quantitative estimate of drug-likeness (QED) is 0.760. The molecular formula is C10H9F5NO. The van der Waals surface area contributed by atoms with Gasteiger partial charge >= 0.3 is 12.3 Å². The van der Waals surface area contributed by atoms with Gasteiger partial charge in [-0.2, -0.15) is 22.0 Å². The lowest BCUT2D eigenvalue weighted by Gasteiger charge is -2.21. The van der Waals surface area contributed by atoms with Crippen LogP contribution in [0.1, 0.15) is 5.56 Å². The second-order valence-electron chi connectivity index (χ2n) is 3.22. The summed E-state index contributed by atoms with van der Waals surface area (Å²) < 4.78 is 64.8. The lowest BCUT2D eigenvalue weighted by Crippen LogP contribution is -2.42. The molecule has 2 nitrogen and oxygen atoms in total. The lowest BCUT2D eigenvalue weighted by molar-refractivity contribution is -0.360. The van der Waals surface area contributed by atoms with E-state index in [1.165, 1.54) is 18.2 Å². The van der Waals surface area contributed by atoms with Gasteiger partial charge in [0.2, 0.25) is 0 Å². The van der Waals surface area contributed by atoms with E-state index in [2.05, 4.69) is 4.74 Å². The van der Waals surface area contributed by atoms with Crippen LogP contribution in [-0.4, -0.2) is 18.8 Å². The van der Waals surface area contributed by atoms with Crippen molar-refractivity contribution < 1.29 is 26.7 Å². The van der Waals surface area contributed by atoms with Gasteiger partial charge in [0.05, 0.1) is 0 Å². The Morgan fingerprint density at radius 1 is 1.06 bits per heavy atom. The van der Waals surface area contributed by atoms with E-state index in [0.717, 1.165) is 6.07 Å². The number of hydrogen-bond acceptors (Lipinski definition) is 1. The highest BCUT2D eigenvalue weighted by Gasteiger charge is 2.61. The minimum atomic E-state index is -5.76. The highest BCUT2D eigenvalue weighted by Crippen LogP contribution is 2.38. The predicted molar refractivity (Wildman–Crippen MR) is 49.7 cm³/mol. The number of nitrogens with one attached hydrogen (secondary N) is 1. The van der Waals surface area contributed by atoms with Crippen molar-refractivity contribution in [2.45, 2.75) is 18.7 Å². The molecule has 0 aromatic heterocycles. The molecule has 0 atom stereocenters. The van der Waals surface area contributed by atoms with Gasteiger partial charge in [0.15, 0.2) is 0 Å².